The van der Waals surface area contributed by atoms with Crippen LogP contribution in [0.5, 0.6) is 0 Å². The minimum Gasteiger partial charge on any atom is -0.419 e. The molecule has 0 amide bonds. The zero-order valence-electron chi connectivity index (χ0n) is 14.6. The molecule has 130 valence electrons. The van der Waals surface area contributed by atoms with Gasteiger partial charge in [-0.05, 0) is 45.7 Å². The Kier molecular flexibility index (Phi) is 4.33. The largest absolute Gasteiger partial charge is 0.419 e. The highest BCUT2D eigenvalue weighted by atomic mass is 32.2. The van der Waals surface area contributed by atoms with Crippen LogP contribution in [0.15, 0.2) is 33.8 Å². The van der Waals surface area contributed by atoms with E-state index in [0.29, 0.717) is 17.7 Å². The maximum atomic E-state index is 5.88. The van der Waals surface area contributed by atoms with E-state index in [1.807, 2.05) is 24.3 Å². The maximum Gasteiger partial charge on any atom is 0.247 e. The molecule has 0 spiro atoms. The third-order valence-electron chi connectivity index (χ3n) is 4.37. The van der Waals surface area contributed by atoms with Crippen molar-refractivity contribution in [3.05, 3.63) is 41.5 Å². The Morgan fingerprint density at radius 2 is 1.92 bits per heavy atom. The number of aryl methyl sites for hydroxylation is 1. The van der Waals surface area contributed by atoms with Gasteiger partial charge in [-0.1, -0.05) is 29.5 Å². The minimum atomic E-state index is 0.0215. The van der Waals surface area contributed by atoms with Crippen molar-refractivity contribution in [3.8, 4) is 11.5 Å². The number of hydrogen-bond acceptors (Lipinski definition) is 6. The van der Waals surface area contributed by atoms with Crippen LogP contribution in [0.1, 0.15) is 55.1 Å². The smallest absolute Gasteiger partial charge is 0.247 e. The van der Waals surface area contributed by atoms with Crippen LogP contribution in [0.4, 0.5) is 0 Å². The predicted octanol–water partition coefficient (Wildman–Crippen LogP) is 4.39. The maximum absolute atomic E-state index is 5.88. The third-order valence-corrected chi connectivity index (χ3v) is 5.44. The van der Waals surface area contributed by atoms with Gasteiger partial charge in [-0.15, -0.1) is 20.4 Å². The van der Waals surface area contributed by atoms with Crippen molar-refractivity contribution >= 4 is 11.8 Å². The lowest BCUT2D eigenvalue weighted by Gasteiger charge is -2.09. The summed E-state index contributed by atoms with van der Waals surface area (Å²) in [5.41, 5.74) is 2.15. The van der Waals surface area contributed by atoms with Crippen molar-refractivity contribution in [1.82, 2.24) is 25.0 Å². The molecule has 0 radical (unpaired) electrons. The third kappa shape index (κ3) is 3.33. The predicted molar refractivity (Wildman–Crippen MR) is 96.4 cm³/mol. The molecule has 2 aromatic heterocycles. The zero-order chi connectivity index (χ0) is 17.4. The lowest BCUT2D eigenvalue weighted by atomic mass is 10.1. The molecule has 0 bridgehead atoms. The van der Waals surface area contributed by atoms with Gasteiger partial charge in [0.25, 0.3) is 0 Å². The van der Waals surface area contributed by atoms with Gasteiger partial charge in [0.1, 0.15) is 5.82 Å². The van der Waals surface area contributed by atoms with Gasteiger partial charge < -0.3 is 8.98 Å². The van der Waals surface area contributed by atoms with E-state index in [9.17, 15) is 0 Å². The number of rotatable bonds is 6. The Bertz CT molecular complexity index is 866. The van der Waals surface area contributed by atoms with E-state index in [1.165, 1.54) is 18.4 Å². The van der Waals surface area contributed by atoms with Crippen LogP contribution >= 0.6 is 11.8 Å². The van der Waals surface area contributed by atoms with Gasteiger partial charge in [-0.25, -0.2) is 0 Å². The van der Waals surface area contributed by atoms with Gasteiger partial charge in [-0.2, -0.15) is 0 Å². The van der Waals surface area contributed by atoms with Crippen LogP contribution in [-0.4, -0.2) is 25.0 Å². The van der Waals surface area contributed by atoms with Gasteiger partial charge in [0.15, 0.2) is 5.16 Å². The molecule has 0 saturated heterocycles. The molecule has 0 unspecified atom stereocenters. The van der Waals surface area contributed by atoms with E-state index >= 15 is 0 Å². The van der Waals surface area contributed by atoms with Crippen molar-refractivity contribution < 1.29 is 4.42 Å². The summed E-state index contributed by atoms with van der Waals surface area (Å²) in [6, 6.07) is 8.08. The number of thioether (sulfide) groups is 1. The molecule has 1 atom stereocenters. The molecule has 25 heavy (non-hydrogen) atoms. The van der Waals surface area contributed by atoms with Crippen molar-refractivity contribution in [2.75, 3.05) is 0 Å². The second-order valence-electron chi connectivity index (χ2n) is 6.43. The number of hydrogen-bond donors (Lipinski definition) is 0. The monoisotopic (exact) mass is 355 g/mol. The second-order valence-corrected chi connectivity index (χ2v) is 7.74. The van der Waals surface area contributed by atoms with Crippen molar-refractivity contribution in [3.63, 3.8) is 0 Å². The van der Waals surface area contributed by atoms with Gasteiger partial charge in [-0.3, -0.25) is 0 Å². The van der Waals surface area contributed by atoms with E-state index in [4.69, 9.17) is 4.42 Å². The van der Waals surface area contributed by atoms with Crippen LogP contribution < -0.4 is 0 Å². The summed E-state index contributed by atoms with van der Waals surface area (Å²) in [6.07, 6.45) is 2.45. The van der Waals surface area contributed by atoms with E-state index in [1.54, 1.807) is 11.8 Å². The van der Waals surface area contributed by atoms with E-state index in [2.05, 4.69) is 45.7 Å². The molecule has 1 aromatic carbocycles. The Labute approximate surface area is 151 Å². The summed E-state index contributed by atoms with van der Waals surface area (Å²) in [4.78, 5) is 0. The fourth-order valence-electron chi connectivity index (χ4n) is 2.75. The van der Waals surface area contributed by atoms with E-state index < -0.39 is 0 Å². The van der Waals surface area contributed by atoms with Gasteiger partial charge in [0, 0.05) is 18.0 Å². The minimum absolute atomic E-state index is 0.0215. The standard InChI is InChI=1S/C18H21N5OS/c1-4-23-15(13-9-10-13)19-22-18(23)25-12(3)16-20-21-17(24-16)14-7-5-11(2)6-8-14/h5-8,12-13H,4,9-10H2,1-3H3/t12-/m1/s1. The van der Waals surface area contributed by atoms with Crippen LogP contribution in [0.2, 0.25) is 0 Å². The number of nitrogens with zero attached hydrogens (tertiary/aromatic N) is 5. The van der Waals surface area contributed by atoms with Crippen molar-refractivity contribution in [2.24, 2.45) is 0 Å². The first-order valence-corrected chi connectivity index (χ1v) is 9.54. The SMILES string of the molecule is CCn1c(S[C@H](C)c2nnc(-c3ccc(C)cc3)o2)nnc1C1CC1. The summed E-state index contributed by atoms with van der Waals surface area (Å²) in [7, 11) is 0. The fraction of sp³-hybridized carbons (Fsp3) is 0.444. The molecule has 0 aliphatic heterocycles. The quantitative estimate of drug-likeness (QED) is 0.611. The molecule has 1 aliphatic rings. The number of benzene rings is 1. The first-order chi connectivity index (χ1) is 12.2. The molecular formula is C18H21N5OS. The van der Waals surface area contributed by atoms with Gasteiger partial charge in [0.05, 0.1) is 5.25 Å². The average molecular weight is 355 g/mol. The van der Waals surface area contributed by atoms with E-state index in [0.717, 1.165) is 23.1 Å². The normalized spacial score (nSPS) is 15.5. The first-order valence-electron chi connectivity index (χ1n) is 8.66. The number of aromatic nitrogens is 5. The second kappa shape index (κ2) is 6.63. The molecule has 6 nitrogen and oxygen atoms in total. The summed E-state index contributed by atoms with van der Waals surface area (Å²) >= 11 is 1.62. The van der Waals surface area contributed by atoms with Crippen LogP contribution in [0, 0.1) is 6.92 Å². The Hall–Kier alpha value is -2.15. The van der Waals surface area contributed by atoms with Gasteiger partial charge >= 0.3 is 0 Å². The molecule has 1 saturated carbocycles. The topological polar surface area (TPSA) is 69.6 Å². The summed E-state index contributed by atoms with van der Waals surface area (Å²) in [5.74, 6) is 2.87. The van der Waals surface area contributed by atoms with Crippen LogP contribution in [0.3, 0.4) is 0 Å². The highest BCUT2D eigenvalue weighted by molar-refractivity contribution is 7.99. The van der Waals surface area contributed by atoms with Crippen LogP contribution in [-0.2, 0) is 6.54 Å². The fourth-order valence-corrected chi connectivity index (χ4v) is 3.70. The van der Waals surface area contributed by atoms with Crippen molar-refractivity contribution in [2.45, 2.75) is 56.5 Å². The summed E-state index contributed by atoms with van der Waals surface area (Å²) < 4.78 is 8.09. The van der Waals surface area contributed by atoms with Gasteiger partial charge in [0.2, 0.25) is 11.8 Å². The molecule has 1 aliphatic carbocycles. The molecule has 3 aromatic rings. The molecule has 4 rings (SSSR count). The lowest BCUT2D eigenvalue weighted by molar-refractivity contribution is 0.508. The lowest BCUT2D eigenvalue weighted by Crippen LogP contribution is -2.02. The van der Waals surface area contributed by atoms with Crippen molar-refractivity contribution in [1.29, 1.82) is 0 Å². The molecule has 2 heterocycles. The Morgan fingerprint density at radius 1 is 1.16 bits per heavy atom. The Balaban J connectivity index is 1.52. The summed E-state index contributed by atoms with van der Waals surface area (Å²) in [6.45, 7) is 7.13. The molecule has 1 fully saturated rings. The molecular weight excluding hydrogens is 334 g/mol. The van der Waals surface area contributed by atoms with E-state index in [-0.39, 0.29) is 5.25 Å². The average Bonchev–Trinajstić information content (AvgIpc) is 3.19. The molecule has 0 N–H and O–H groups in total. The zero-order valence-corrected chi connectivity index (χ0v) is 15.5. The molecule has 7 heteroatoms. The Morgan fingerprint density at radius 3 is 2.60 bits per heavy atom. The summed E-state index contributed by atoms with van der Waals surface area (Å²) in [5, 5.41) is 18.1. The first kappa shape index (κ1) is 16.3. The van der Waals surface area contributed by atoms with Crippen LogP contribution in [0.25, 0.3) is 11.5 Å². The highest BCUT2D eigenvalue weighted by Gasteiger charge is 2.30. The highest BCUT2D eigenvalue weighted by Crippen LogP contribution is 2.41.